The summed E-state index contributed by atoms with van der Waals surface area (Å²) < 4.78 is 0. The zero-order valence-electron chi connectivity index (χ0n) is 10.5. The van der Waals surface area contributed by atoms with E-state index < -0.39 is 0 Å². The van der Waals surface area contributed by atoms with Gasteiger partial charge in [0, 0.05) is 26.7 Å². The quantitative estimate of drug-likeness (QED) is 0.398. The normalized spacial score (nSPS) is 23.7. The van der Waals surface area contributed by atoms with E-state index in [1.807, 2.05) is 0 Å². The van der Waals surface area contributed by atoms with E-state index in [4.69, 9.17) is 12.2 Å². The number of nitrogens with zero attached hydrogens (tertiary/aromatic N) is 2. The van der Waals surface area contributed by atoms with Gasteiger partial charge in [0.1, 0.15) is 7.85 Å². The van der Waals surface area contributed by atoms with Crippen LogP contribution in [0.1, 0.15) is 32.6 Å². The summed E-state index contributed by atoms with van der Waals surface area (Å²) in [4.78, 5) is 4.44. The van der Waals surface area contributed by atoms with Gasteiger partial charge in [-0.1, -0.05) is 32.0 Å². The van der Waals surface area contributed by atoms with E-state index in [1.165, 1.54) is 25.7 Å². The SMILES string of the molecule is BC(C)CCCCC1CN(C)C(=S)N1C. The lowest BCUT2D eigenvalue weighted by atomic mass is 9.85. The largest absolute Gasteiger partial charge is 0.350 e. The third kappa shape index (κ3) is 3.67. The van der Waals surface area contributed by atoms with Crippen molar-refractivity contribution in [3.05, 3.63) is 0 Å². The number of likely N-dealkylation sites (N-methyl/N-ethyl adjacent to an activating group) is 2. The maximum absolute atomic E-state index is 5.31. The maximum atomic E-state index is 5.31. The minimum atomic E-state index is 0.648. The lowest BCUT2D eigenvalue weighted by molar-refractivity contribution is 0.365. The summed E-state index contributed by atoms with van der Waals surface area (Å²) in [6.45, 7) is 3.40. The predicted molar refractivity (Wildman–Crippen MR) is 73.2 cm³/mol. The van der Waals surface area contributed by atoms with E-state index >= 15 is 0 Å². The number of thiocarbonyl (C=S) groups is 1. The molecule has 0 aliphatic carbocycles. The highest BCUT2D eigenvalue weighted by Gasteiger charge is 2.28. The summed E-state index contributed by atoms with van der Waals surface area (Å²) in [5.41, 5.74) is 0. The van der Waals surface area contributed by atoms with E-state index in [1.54, 1.807) is 0 Å². The van der Waals surface area contributed by atoms with Gasteiger partial charge < -0.3 is 9.80 Å². The van der Waals surface area contributed by atoms with Gasteiger partial charge in [0.2, 0.25) is 0 Å². The van der Waals surface area contributed by atoms with Crippen molar-refractivity contribution < 1.29 is 0 Å². The molecule has 1 fully saturated rings. The zero-order chi connectivity index (χ0) is 11.4. The molecule has 2 atom stereocenters. The number of unbranched alkanes of at least 4 members (excludes halogenated alkanes) is 1. The van der Waals surface area contributed by atoms with Crippen LogP contribution in [0.4, 0.5) is 0 Å². The van der Waals surface area contributed by atoms with Crippen molar-refractivity contribution in [3.63, 3.8) is 0 Å². The van der Waals surface area contributed by atoms with Gasteiger partial charge in [-0.05, 0) is 18.6 Å². The fourth-order valence-corrected chi connectivity index (χ4v) is 2.38. The second-order valence-corrected chi connectivity index (χ2v) is 5.47. The van der Waals surface area contributed by atoms with Crippen LogP contribution >= 0.6 is 12.2 Å². The van der Waals surface area contributed by atoms with Crippen molar-refractivity contribution in [3.8, 4) is 0 Å². The second kappa shape index (κ2) is 5.73. The van der Waals surface area contributed by atoms with Crippen LogP contribution < -0.4 is 0 Å². The van der Waals surface area contributed by atoms with Gasteiger partial charge in [0.05, 0.1) is 0 Å². The van der Waals surface area contributed by atoms with Crippen LogP contribution in [0.25, 0.3) is 0 Å². The second-order valence-electron chi connectivity index (χ2n) is 5.11. The first kappa shape index (κ1) is 12.8. The fourth-order valence-electron chi connectivity index (χ4n) is 2.16. The molecule has 0 N–H and O–H groups in total. The van der Waals surface area contributed by atoms with Gasteiger partial charge in [0.15, 0.2) is 5.11 Å². The topological polar surface area (TPSA) is 6.48 Å². The van der Waals surface area contributed by atoms with Crippen molar-refractivity contribution in [1.82, 2.24) is 9.80 Å². The highest BCUT2D eigenvalue weighted by atomic mass is 32.1. The maximum Gasteiger partial charge on any atom is 0.171 e. The smallest absolute Gasteiger partial charge is 0.171 e. The Labute approximate surface area is 100 Å². The van der Waals surface area contributed by atoms with Crippen LogP contribution in [-0.2, 0) is 0 Å². The molecule has 0 bridgehead atoms. The summed E-state index contributed by atoms with van der Waals surface area (Å²) in [5.74, 6) is 0.843. The van der Waals surface area contributed by atoms with Gasteiger partial charge in [-0.2, -0.15) is 0 Å². The molecule has 86 valence electrons. The molecule has 2 unspecified atom stereocenters. The minimum absolute atomic E-state index is 0.648. The Morgan fingerprint density at radius 3 is 2.60 bits per heavy atom. The first-order valence-electron chi connectivity index (χ1n) is 6.00. The van der Waals surface area contributed by atoms with Gasteiger partial charge >= 0.3 is 0 Å². The first-order valence-corrected chi connectivity index (χ1v) is 6.41. The predicted octanol–water partition coefficient (Wildman–Crippen LogP) is 1.52. The molecule has 0 amide bonds. The monoisotopic (exact) mass is 226 g/mol. The molecular formula is C11H23BN2S. The van der Waals surface area contributed by atoms with E-state index in [0.29, 0.717) is 6.04 Å². The van der Waals surface area contributed by atoms with Crippen molar-refractivity contribution in [2.45, 2.75) is 44.5 Å². The summed E-state index contributed by atoms with van der Waals surface area (Å²) in [6, 6.07) is 0.648. The molecule has 0 aromatic heterocycles. The van der Waals surface area contributed by atoms with E-state index in [0.717, 1.165) is 17.5 Å². The average molecular weight is 226 g/mol. The molecule has 0 saturated carbocycles. The molecule has 1 saturated heterocycles. The van der Waals surface area contributed by atoms with Crippen molar-refractivity contribution in [1.29, 1.82) is 0 Å². The molecule has 0 aromatic rings. The lowest BCUT2D eigenvalue weighted by Gasteiger charge is -2.19. The summed E-state index contributed by atoms with van der Waals surface area (Å²) in [7, 11) is 6.51. The molecule has 0 aromatic carbocycles. The molecule has 1 aliphatic rings. The van der Waals surface area contributed by atoms with E-state index in [9.17, 15) is 0 Å². The molecule has 0 radical (unpaired) electrons. The lowest BCUT2D eigenvalue weighted by Crippen LogP contribution is -2.29. The van der Waals surface area contributed by atoms with E-state index in [2.05, 4.69) is 38.7 Å². The minimum Gasteiger partial charge on any atom is -0.350 e. The fraction of sp³-hybridized carbons (Fsp3) is 0.909. The van der Waals surface area contributed by atoms with Crippen LogP contribution in [0.5, 0.6) is 0 Å². The first-order chi connectivity index (χ1) is 7.02. The molecule has 4 heteroatoms. The zero-order valence-corrected chi connectivity index (χ0v) is 11.3. The number of rotatable bonds is 5. The Kier molecular flexibility index (Phi) is 4.90. The summed E-state index contributed by atoms with van der Waals surface area (Å²) >= 11 is 5.31. The molecule has 2 nitrogen and oxygen atoms in total. The third-order valence-electron chi connectivity index (χ3n) is 3.23. The third-order valence-corrected chi connectivity index (χ3v) is 3.83. The number of hydrogen-bond acceptors (Lipinski definition) is 1. The van der Waals surface area contributed by atoms with Gasteiger partial charge in [-0.25, -0.2) is 0 Å². The summed E-state index contributed by atoms with van der Waals surface area (Å²) in [6.07, 6.45) is 5.34. The molecule has 0 spiro atoms. The molecule has 1 aliphatic heterocycles. The Bertz CT molecular complexity index is 221. The Balaban J connectivity index is 2.20. The summed E-state index contributed by atoms with van der Waals surface area (Å²) in [5, 5.41) is 1.00. The van der Waals surface area contributed by atoms with Crippen molar-refractivity contribution >= 4 is 25.2 Å². The van der Waals surface area contributed by atoms with Crippen LogP contribution in [0, 0.1) is 0 Å². The van der Waals surface area contributed by atoms with Crippen molar-refractivity contribution in [2.75, 3.05) is 20.6 Å². The Hall–Kier alpha value is -0.245. The highest BCUT2D eigenvalue weighted by molar-refractivity contribution is 7.80. The van der Waals surface area contributed by atoms with Crippen molar-refractivity contribution in [2.24, 2.45) is 0 Å². The van der Waals surface area contributed by atoms with Gasteiger partial charge in [-0.3, -0.25) is 0 Å². The highest BCUT2D eigenvalue weighted by Crippen LogP contribution is 2.19. The molecular weight excluding hydrogens is 203 g/mol. The number of hydrogen-bond donors (Lipinski definition) is 0. The van der Waals surface area contributed by atoms with Crippen LogP contribution in [0.3, 0.4) is 0 Å². The Morgan fingerprint density at radius 2 is 2.13 bits per heavy atom. The van der Waals surface area contributed by atoms with Gasteiger partial charge in [0.25, 0.3) is 0 Å². The van der Waals surface area contributed by atoms with Crippen LogP contribution in [0.2, 0.25) is 5.82 Å². The average Bonchev–Trinajstić information content (AvgIpc) is 2.41. The Morgan fingerprint density at radius 1 is 1.47 bits per heavy atom. The van der Waals surface area contributed by atoms with Crippen LogP contribution in [-0.4, -0.2) is 49.4 Å². The van der Waals surface area contributed by atoms with Gasteiger partial charge in [-0.15, -0.1) is 0 Å². The standard InChI is InChI=1S/C11H23BN2S/c1-9(12)6-4-5-7-10-8-13(2)11(15)14(10)3/h9-10H,4-8,12H2,1-3H3. The molecule has 1 heterocycles. The van der Waals surface area contributed by atoms with Crippen LogP contribution in [0.15, 0.2) is 0 Å². The molecule has 1 rings (SSSR count). The molecule has 15 heavy (non-hydrogen) atoms. The van der Waals surface area contributed by atoms with E-state index in [-0.39, 0.29) is 0 Å².